The fourth-order valence-corrected chi connectivity index (χ4v) is 11.1. The lowest BCUT2D eigenvalue weighted by atomic mass is 9.82. The van der Waals surface area contributed by atoms with Gasteiger partial charge in [0.1, 0.15) is 48.0 Å². The number of aliphatic hydroxyl groups excluding tert-OH is 9. The van der Waals surface area contributed by atoms with Crippen molar-refractivity contribution in [1.29, 1.82) is 0 Å². The highest BCUT2D eigenvalue weighted by Gasteiger charge is 2.51. The van der Waals surface area contributed by atoms with Gasteiger partial charge in [-0.25, -0.2) is 26.9 Å². The molecule has 1 aromatic heterocycles. The Kier molecular flexibility index (Phi) is 29.5. The number of fused-ring (bicyclic) bond motifs is 2. The third-order valence-electron chi connectivity index (χ3n) is 15.6. The largest absolute Gasteiger partial charge is 0.481 e. The number of nitrogens with zero attached hydrogens (tertiary/aromatic N) is 3. The van der Waals surface area contributed by atoms with Gasteiger partial charge < -0.3 is 86.0 Å². The molecule has 87 heavy (non-hydrogen) atoms. The van der Waals surface area contributed by atoms with Crippen LogP contribution in [0.3, 0.4) is 0 Å². The summed E-state index contributed by atoms with van der Waals surface area (Å²) in [6.45, 7) is 7.63. The first kappa shape index (κ1) is 74.2. The number of esters is 1. The summed E-state index contributed by atoms with van der Waals surface area (Å²) in [4.78, 5) is 28.8. The van der Waals surface area contributed by atoms with Crippen LogP contribution >= 0.6 is 0 Å². The number of rotatable bonds is 8. The average Bonchev–Trinajstić information content (AvgIpc) is 2.06. The molecule has 2 aromatic rings. The number of aliphatic hydroxyl groups is 11. The standard InChI is InChI=1S/C47H73NO17.C13H15F2N3O3S/c1-27-17-15-13-11-9-7-5-6-8-10-12-14-16-18-34(64-46-44(58)41(48)43(57)30(4)63-46)24-38-40(45(59)60)37(54)26-47(61,65-38)25-33(51)21-31(49)19-20-35(52)36(53)22-32(50)23-39(55)62-29(3)28(2)42(27)56;1-9(22(2,20)21)13(19,6-18-8-16-7-17-18)11-4-3-10(14)5-12(11)15/h5-18,27-38,40-44,46,49-54,56-58,61H,19-26,48H2,1-4H3,(H,59,60);3-5,7-9,19H,6H2,1-2H3/b6-5+,9-7+,10-8+,13-11+,14-12+,17-15+,18-16+;/t27-,28+,29-,30?,31-,32+,33-,34-,35-,36-,37-,38-,40+,41?,42+,43?,44?,46?,47+;/m0./s1. The van der Waals surface area contributed by atoms with Crippen molar-refractivity contribution < 1.29 is 107 Å². The minimum Gasteiger partial charge on any atom is -0.481 e. The molecule has 488 valence electrons. The number of halogens is 2. The third-order valence-corrected chi connectivity index (χ3v) is 17.3. The lowest BCUT2D eigenvalue weighted by molar-refractivity contribution is -0.308. The lowest BCUT2D eigenvalue weighted by Gasteiger charge is -2.45. The fraction of sp³-hybridized carbons (Fsp3) is 0.600. The van der Waals surface area contributed by atoms with Crippen LogP contribution in [-0.4, -0.2) is 205 Å². The van der Waals surface area contributed by atoms with Crippen molar-refractivity contribution in [2.24, 2.45) is 23.5 Å². The topological polar surface area (TPSA) is 405 Å². The van der Waals surface area contributed by atoms with Crippen molar-refractivity contribution in [3.05, 3.63) is 133 Å². The Hall–Kier alpha value is -5.31. The monoisotopic (exact) mass is 1250 g/mol. The predicted molar refractivity (Wildman–Crippen MR) is 312 cm³/mol. The van der Waals surface area contributed by atoms with Crippen molar-refractivity contribution in [1.82, 2.24) is 14.8 Å². The molecule has 14 N–H and O–H groups in total. The molecule has 2 fully saturated rings. The van der Waals surface area contributed by atoms with Crippen LogP contribution in [0.4, 0.5) is 8.78 Å². The molecule has 0 aliphatic carbocycles. The number of hydrogen-bond acceptors (Lipinski definition) is 22. The Morgan fingerprint density at radius 1 is 0.793 bits per heavy atom. The van der Waals surface area contributed by atoms with E-state index in [0.29, 0.717) is 6.07 Å². The van der Waals surface area contributed by atoms with Crippen molar-refractivity contribution in [3.63, 3.8) is 0 Å². The Bertz CT molecular complexity index is 2790. The maximum absolute atomic E-state index is 14.1. The summed E-state index contributed by atoms with van der Waals surface area (Å²) < 4.78 is 75.2. The average molecular weight is 1260 g/mol. The fourth-order valence-electron chi connectivity index (χ4n) is 10.2. The number of carbonyl (C=O) groups is 2. The zero-order valence-electron chi connectivity index (χ0n) is 49.5. The normalized spacial score (nSPS) is 38.1. The Morgan fingerprint density at radius 2 is 1.39 bits per heavy atom. The minimum atomic E-state index is -3.71. The first-order valence-electron chi connectivity index (χ1n) is 28.7. The van der Waals surface area contributed by atoms with Crippen LogP contribution in [0.2, 0.25) is 0 Å². The molecule has 4 heterocycles. The van der Waals surface area contributed by atoms with Crippen LogP contribution in [0, 0.1) is 29.4 Å². The number of nitrogens with two attached hydrogens (primary N) is 1. The molecule has 21 atom stereocenters. The van der Waals surface area contributed by atoms with Crippen LogP contribution in [0.15, 0.2) is 116 Å². The van der Waals surface area contributed by atoms with Crippen LogP contribution < -0.4 is 5.73 Å². The zero-order valence-corrected chi connectivity index (χ0v) is 50.3. The van der Waals surface area contributed by atoms with E-state index in [2.05, 4.69) is 10.1 Å². The first-order chi connectivity index (χ1) is 40.8. The van der Waals surface area contributed by atoms with Gasteiger partial charge in [0.25, 0.3) is 0 Å². The SMILES string of the molecule is CC(C(O)(Cn1cncn1)c1ccc(F)cc1F)S(C)(=O)=O.CC1OC(O[C@H]2/C=C/C=C/C=C/C=C/C=C/C=C/C=C/[C@H](C)[C@@H](O)[C@H](C)[C@H](C)OC(=O)C[C@H](O)C[C@H](O)[C@@H](O)CC[C@H](O)C[C@H](O)C[C@]3(O)C[C@H](O)[C@@H](C(=O)O)[C@H](C2)O3)C(O)C(N)C1O. The summed E-state index contributed by atoms with van der Waals surface area (Å²) in [6.07, 6.45) is 6.95. The van der Waals surface area contributed by atoms with E-state index in [4.69, 9.17) is 24.7 Å². The third kappa shape index (κ3) is 23.2. The highest BCUT2D eigenvalue weighted by Crippen LogP contribution is 2.39. The molecule has 7 unspecified atom stereocenters. The Morgan fingerprint density at radius 3 is 1.95 bits per heavy atom. The first-order valence-corrected chi connectivity index (χ1v) is 30.6. The van der Waals surface area contributed by atoms with Gasteiger partial charge in [0.15, 0.2) is 21.9 Å². The molecular formula is C60H88F2N4O20S. The summed E-state index contributed by atoms with van der Waals surface area (Å²) in [5, 5.41) is 131. The second kappa shape index (κ2) is 34.6. The number of carboxylic acids is 1. The second-order valence-electron chi connectivity index (χ2n) is 22.7. The predicted octanol–water partition coefficient (Wildman–Crippen LogP) is 1.59. The highest BCUT2D eigenvalue weighted by molar-refractivity contribution is 7.91. The van der Waals surface area contributed by atoms with E-state index in [9.17, 15) is 88.1 Å². The molecule has 3 aliphatic rings. The van der Waals surface area contributed by atoms with Crippen LogP contribution in [0.5, 0.6) is 0 Å². The molecule has 2 saturated heterocycles. The van der Waals surface area contributed by atoms with Gasteiger partial charge in [0.2, 0.25) is 0 Å². The number of allylic oxidation sites excluding steroid dienone is 12. The molecule has 24 nitrogen and oxygen atoms in total. The van der Waals surface area contributed by atoms with E-state index < -0.39 is 179 Å². The number of ether oxygens (including phenoxy) is 4. The lowest BCUT2D eigenvalue weighted by Crippen LogP contribution is -2.61. The Balaban J connectivity index is 0.000000612. The maximum Gasteiger partial charge on any atom is 0.311 e. The van der Waals surface area contributed by atoms with Gasteiger partial charge >= 0.3 is 11.9 Å². The van der Waals surface area contributed by atoms with Crippen LogP contribution in [0.25, 0.3) is 0 Å². The van der Waals surface area contributed by atoms with Gasteiger partial charge in [-0.1, -0.05) is 105 Å². The van der Waals surface area contributed by atoms with Crippen molar-refractivity contribution in [2.75, 3.05) is 6.26 Å². The number of hydrogen-bond donors (Lipinski definition) is 13. The number of cyclic esters (lactones) is 1. The Labute approximate surface area is 505 Å². The maximum atomic E-state index is 14.1. The van der Waals surface area contributed by atoms with Crippen molar-refractivity contribution in [3.8, 4) is 0 Å². The number of aromatic nitrogens is 3. The second-order valence-corrected chi connectivity index (χ2v) is 25.0. The van der Waals surface area contributed by atoms with E-state index in [1.54, 1.807) is 86.8 Å². The van der Waals surface area contributed by atoms with E-state index in [-0.39, 0.29) is 43.7 Å². The molecule has 0 saturated carbocycles. The molecule has 1 aromatic carbocycles. The van der Waals surface area contributed by atoms with E-state index >= 15 is 0 Å². The van der Waals surface area contributed by atoms with Gasteiger partial charge in [-0.05, 0) is 46.1 Å². The van der Waals surface area contributed by atoms with E-state index in [0.717, 1.165) is 18.4 Å². The number of aliphatic carboxylic acids is 1. The number of sulfone groups is 1. The molecule has 0 radical (unpaired) electrons. The van der Waals surface area contributed by atoms with Crippen LogP contribution in [0.1, 0.15) is 91.5 Å². The number of benzene rings is 1. The van der Waals surface area contributed by atoms with Gasteiger partial charge in [-0.15, -0.1) is 0 Å². The zero-order chi connectivity index (χ0) is 65.0. The summed E-state index contributed by atoms with van der Waals surface area (Å²) in [6, 6.07) is 1.44. The van der Waals surface area contributed by atoms with Gasteiger partial charge in [0.05, 0.1) is 91.4 Å². The summed E-state index contributed by atoms with van der Waals surface area (Å²) in [7, 11) is -3.71. The van der Waals surface area contributed by atoms with Crippen molar-refractivity contribution in [2.45, 2.75) is 201 Å². The smallest absolute Gasteiger partial charge is 0.311 e. The molecule has 0 amide bonds. The highest BCUT2D eigenvalue weighted by atomic mass is 32.2. The summed E-state index contributed by atoms with van der Waals surface area (Å²) >= 11 is 0. The molecule has 3 aliphatic heterocycles. The van der Waals surface area contributed by atoms with E-state index in [1.807, 2.05) is 13.0 Å². The molecular weight excluding hydrogens is 1170 g/mol. The molecule has 2 bridgehead atoms. The van der Waals surface area contributed by atoms with Gasteiger partial charge in [-0.2, -0.15) is 5.10 Å². The molecule has 27 heteroatoms. The molecule has 5 rings (SSSR count). The van der Waals surface area contributed by atoms with Crippen LogP contribution in [-0.2, 0) is 50.5 Å². The number of carboxylic acid groups (broad SMARTS) is 1. The summed E-state index contributed by atoms with van der Waals surface area (Å²) in [5.74, 6) is -8.68. The van der Waals surface area contributed by atoms with Crippen molar-refractivity contribution >= 4 is 21.8 Å². The quantitative estimate of drug-likeness (QED) is 0.167. The minimum absolute atomic E-state index is 0.140. The van der Waals surface area contributed by atoms with E-state index in [1.165, 1.54) is 37.3 Å². The van der Waals surface area contributed by atoms with Gasteiger partial charge in [0, 0.05) is 55.4 Å². The molecule has 0 spiro atoms. The summed E-state index contributed by atoms with van der Waals surface area (Å²) in [5.41, 5.74) is 3.58. The van der Waals surface area contributed by atoms with Gasteiger partial charge in [-0.3, -0.25) is 9.59 Å². The number of carbonyl (C=O) groups excluding carboxylic acids is 1.